The van der Waals surface area contributed by atoms with Crippen molar-refractivity contribution < 1.29 is 13.2 Å². The molecule has 3 N–H and O–H groups in total. The van der Waals surface area contributed by atoms with Crippen LogP contribution >= 0.6 is 0 Å². The third-order valence-electron chi connectivity index (χ3n) is 13.1. The predicted molar refractivity (Wildman–Crippen MR) is 148 cm³/mol. The number of fused-ring (bicyclic) bond motifs is 7. The van der Waals surface area contributed by atoms with E-state index in [2.05, 4.69) is 43.1 Å². The SMILES string of the molecule is C[C@H]1CC[C@]2(NC1)O[C@H]1C[C@H]3[C@@H]4CC[C@H]5CC(NCCNS(C)(=O)=O)CC[C@]5(C)[C@H]4CC[C@]3(C)[C@H]1[C@@H]2C. The summed E-state index contributed by atoms with van der Waals surface area (Å²) in [4.78, 5) is 0. The first-order valence-corrected chi connectivity index (χ1v) is 17.5. The van der Waals surface area contributed by atoms with Crippen LogP contribution in [0.5, 0.6) is 0 Å². The average molecular weight is 536 g/mol. The van der Waals surface area contributed by atoms with Crippen LogP contribution in [0.4, 0.5) is 0 Å². The van der Waals surface area contributed by atoms with Gasteiger partial charge in [-0.1, -0.05) is 27.7 Å². The van der Waals surface area contributed by atoms with E-state index in [-0.39, 0.29) is 5.72 Å². The molecule has 2 saturated heterocycles. The highest BCUT2D eigenvalue weighted by molar-refractivity contribution is 7.88. The Labute approximate surface area is 226 Å². The quantitative estimate of drug-likeness (QED) is 0.452. The number of hydrogen-bond donors (Lipinski definition) is 3. The van der Waals surface area contributed by atoms with E-state index in [1.54, 1.807) is 0 Å². The highest BCUT2D eigenvalue weighted by Gasteiger charge is 2.68. The van der Waals surface area contributed by atoms with E-state index in [4.69, 9.17) is 4.74 Å². The first kappa shape index (κ1) is 27.0. The lowest BCUT2D eigenvalue weighted by Gasteiger charge is -2.61. The summed E-state index contributed by atoms with van der Waals surface area (Å²) in [5.74, 6) is 5.48. The summed E-state index contributed by atoms with van der Waals surface area (Å²) in [6.45, 7) is 12.5. The molecule has 6 rings (SSSR count). The molecule has 4 saturated carbocycles. The van der Waals surface area contributed by atoms with E-state index in [9.17, 15) is 8.42 Å². The van der Waals surface area contributed by atoms with Crippen molar-refractivity contribution in [2.45, 2.75) is 110 Å². The minimum Gasteiger partial charge on any atom is -0.357 e. The Morgan fingerprint density at radius 2 is 1.70 bits per heavy atom. The second-order valence-electron chi connectivity index (χ2n) is 14.9. The van der Waals surface area contributed by atoms with Gasteiger partial charge in [0.1, 0.15) is 5.72 Å². The molecule has 2 aliphatic heterocycles. The Bertz CT molecular complexity index is 965. The first-order chi connectivity index (χ1) is 17.5. The number of hydrogen-bond acceptors (Lipinski definition) is 5. The van der Waals surface area contributed by atoms with Gasteiger partial charge in [0.25, 0.3) is 0 Å². The molecule has 0 aromatic rings. The Morgan fingerprint density at radius 1 is 0.919 bits per heavy atom. The van der Waals surface area contributed by atoms with Crippen LogP contribution < -0.4 is 15.4 Å². The lowest BCUT2D eigenvalue weighted by Crippen LogP contribution is -2.58. The monoisotopic (exact) mass is 535 g/mol. The maximum Gasteiger partial charge on any atom is 0.208 e. The van der Waals surface area contributed by atoms with Gasteiger partial charge >= 0.3 is 0 Å². The van der Waals surface area contributed by atoms with Crippen LogP contribution in [0.1, 0.15) is 91.9 Å². The average Bonchev–Trinajstić information content (AvgIpc) is 3.28. The van der Waals surface area contributed by atoms with E-state index in [1.807, 2.05) is 0 Å². The van der Waals surface area contributed by atoms with Crippen molar-refractivity contribution in [1.82, 2.24) is 15.4 Å². The van der Waals surface area contributed by atoms with Gasteiger partial charge in [-0.2, -0.15) is 0 Å². The summed E-state index contributed by atoms with van der Waals surface area (Å²) in [6, 6.07) is 0.534. The van der Waals surface area contributed by atoms with Gasteiger partial charge in [0.2, 0.25) is 10.0 Å². The van der Waals surface area contributed by atoms with Gasteiger partial charge in [0, 0.05) is 31.6 Å². The molecular weight excluding hydrogens is 482 g/mol. The standard InChI is InChI=1S/C30H53N3O3S/c1-19-8-13-30(32-18-19)20(2)27-26(36-30)17-25-23-7-6-21-16-22(31-14-15-33-37(5,34)35)9-11-28(21,3)24(23)10-12-29(25,27)4/h19-27,31-33H,6-18H2,1-5H3/t19-,20-,21-,22?,23+,24-,25-,26-,27-,28-,29-,30-/m0/s1. The zero-order chi connectivity index (χ0) is 26.2. The molecule has 1 spiro atoms. The molecule has 2 heterocycles. The van der Waals surface area contributed by atoms with Gasteiger partial charge in [-0.25, -0.2) is 13.1 Å². The largest absolute Gasteiger partial charge is 0.357 e. The molecule has 37 heavy (non-hydrogen) atoms. The number of nitrogens with one attached hydrogen (secondary N) is 3. The number of rotatable bonds is 5. The van der Waals surface area contributed by atoms with Gasteiger partial charge < -0.3 is 10.1 Å². The lowest BCUT2D eigenvalue weighted by molar-refractivity contribution is -0.134. The van der Waals surface area contributed by atoms with Crippen LogP contribution in [0.15, 0.2) is 0 Å². The second kappa shape index (κ2) is 9.43. The molecule has 0 bridgehead atoms. The molecule has 0 amide bonds. The van der Waals surface area contributed by atoms with Crippen molar-refractivity contribution in [3.8, 4) is 0 Å². The fourth-order valence-corrected chi connectivity index (χ4v) is 11.6. The van der Waals surface area contributed by atoms with Crippen molar-refractivity contribution in [2.75, 3.05) is 25.9 Å². The second-order valence-corrected chi connectivity index (χ2v) is 16.7. The zero-order valence-electron chi connectivity index (χ0n) is 24.0. The minimum atomic E-state index is -3.10. The topological polar surface area (TPSA) is 79.5 Å². The van der Waals surface area contributed by atoms with Crippen LogP contribution in [0.3, 0.4) is 0 Å². The fourth-order valence-electron chi connectivity index (χ4n) is 11.2. The minimum absolute atomic E-state index is 0.0570. The predicted octanol–water partition coefficient (Wildman–Crippen LogP) is 4.51. The molecule has 12 atom stereocenters. The number of ether oxygens (including phenoxy) is 1. The van der Waals surface area contributed by atoms with E-state index < -0.39 is 10.0 Å². The Morgan fingerprint density at radius 3 is 2.43 bits per heavy atom. The van der Waals surface area contributed by atoms with Crippen molar-refractivity contribution in [1.29, 1.82) is 0 Å². The molecule has 4 aliphatic carbocycles. The Balaban J connectivity index is 1.11. The van der Waals surface area contributed by atoms with Crippen molar-refractivity contribution >= 4 is 10.0 Å². The lowest BCUT2D eigenvalue weighted by atomic mass is 9.44. The molecule has 212 valence electrons. The van der Waals surface area contributed by atoms with Gasteiger partial charge in [0.15, 0.2) is 0 Å². The summed E-state index contributed by atoms with van der Waals surface area (Å²) < 4.78 is 32.4. The van der Waals surface area contributed by atoms with E-state index in [1.165, 1.54) is 70.5 Å². The molecule has 6 aliphatic rings. The number of sulfonamides is 1. The molecule has 6 fully saturated rings. The van der Waals surface area contributed by atoms with Gasteiger partial charge in [-0.05, 0) is 111 Å². The van der Waals surface area contributed by atoms with Crippen molar-refractivity contribution in [3.05, 3.63) is 0 Å². The van der Waals surface area contributed by atoms with Crippen LogP contribution in [0.25, 0.3) is 0 Å². The summed E-state index contributed by atoms with van der Waals surface area (Å²) in [5, 5.41) is 7.58. The van der Waals surface area contributed by atoms with Crippen LogP contribution in [0.2, 0.25) is 0 Å². The van der Waals surface area contributed by atoms with Crippen molar-refractivity contribution in [3.63, 3.8) is 0 Å². The van der Waals surface area contributed by atoms with Crippen LogP contribution in [-0.4, -0.2) is 52.2 Å². The molecular formula is C30H53N3O3S. The highest BCUT2D eigenvalue weighted by atomic mass is 32.2. The maximum absolute atomic E-state index is 11.4. The van der Waals surface area contributed by atoms with E-state index in [0.717, 1.165) is 42.7 Å². The Kier molecular flexibility index (Phi) is 6.87. The molecule has 7 heteroatoms. The van der Waals surface area contributed by atoms with Crippen LogP contribution in [-0.2, 0) is 14.8 Å². The third kappa shape index (κ3) is 4.45. The third-order valence-corrected chi connectivity index (χ3v) is 13.8. The summed E-state index contributed by atoms with van der Waals surface area (Å²) in [5.41, 5.74) is 0.854. The van der Waals surface area contributed by atoms with E-state index >= 15 is 0 Å². The zero-order valence-corrected chi connectivity index (χ0v) is 24.8. The maximum atomic E-state index is 11.4. The molecule has 6 nitrogen and oxygen atoms in total. The first-order valence-electron chi connectivity index (χ1n) is 15.6. The van der Waals surface area contributed by atoms with Crippen molar-refractivity contribution in [2.24, 2.45) is 52.3 Å². The summed E-state index contributed by atoms with van der Waals surface area (Å²) >= 11 is 0. The van der Waals surface area contributed by atoms with Gasteiger partial charge in [0.05, 0.1) is 12.4 Å². The molecule has 1 unspecified atom stereocenters. The van der Waals surface area contributed by atoms with E-state index in [0.29, 0.717) is 41.4 Å². The fraction of sp³-hybridized carbons (Fsp3) is 1.00. The summed E-state index contributed by atoms with van der Waals surface area (Å²) in [7, 11) is -3.10. The van der Waals surface area contributed by atoms with Gasteiger partial charge in [-0.3, -0.25) is 5.32 Å². The highest BCUT2D eigenvalue weighted by Crippen LogP contribution is 2.71. The Hall–Kier alpha value is -0.210. The van der Waals surface area contributed by atoms with Crippen LogP contribution in [0, 0.1) is 52.3 Å². The smallest absolute Gasteiger partial charge is 0.208 e. The normalized spacial score (nSPS) is 53.4. The summed E-state index contributed by atoms with van der Waals surface area (Å²) in [6.07, 6.45) is 14.9. The number of piperidine rings is 1. The van der Waals surface area contributed by atoms with Gasteiger partial charge in [-0.15, -0.1) is 0 Å². The molecule has 0 radical (unpaired) electrons. The molecule has 0 aromatic heterocycles. The molecule has 0 aromatic carbocycles.